The first-order valence-electron chi connectivity index (χ1n) is 8.44. The summed E-state index contributed by atoms with van der Waals surface area (Å²) in [6.45, 7) is 5.99. The van der Waals surface area contributed by atoms with Gasteiger partial charge in [0, 0.05) is 30.3 Å². The van der Waals surface area contributed by atoms with Gasteiger partial charge in [0.2, 0.25) is 0 Å². The van der Waals surface area contributed by atoms with Crippen molar-refractivity contribution in [3.63, 3.8) is 0 Å². The molecule has 1 aromatic carbocycles. The van der Waals surface area contributed by atoms with Crippen LogP contribution in [0.2, 0.25) is 0 Å². The Kier molecular flexibility index (Phi) is 7.24. The van der Waals surface area contributed by atoms with E-state index in [1.807, 2.05) is 30.1 Å². The summed E-state index contributed by atoms with van der Waals surface area (Å²) in [5, 5.41) is 3.42. The Labute approximate surface area is 144 Å². The van der Waals surface area contributed by atoms with E-state index < -0.39 is 0 Å². The van der Waals surface area contributed by atoms with Crippen LogP contribution in [0, 0.1) is 5.92 Å². The minimum absolute atomic E-state index is 0.0458. The molecule has 2 rings (SSSR count). The highest BCUT2D eigenvalue weighted by atomic mass is 32.2. The van der Waals surface area contributed by atoms with E-state index in [-0.39, 0.29) is 6.03 Å². The van der Waals surface area contributed by atoms with Crippen LogP contribution in [0.5, 0.6) is 0 Å². The van der Waals surface area contributed by atoms with Crippen molar-refractivity contribution < 1.29 is 4.79 Å². The van der Waals surface area contributed by atoms with Gasteiger partial charge in [0.25, 0.3) is 0 Å². The molecule has 0 spiro atoms. The summed E-state index contributed by atoms with van der Waals surface area (Å²) in [5.74, 6) is 0.637. The van der Waals surface area contributed by atoms with Crippen molar-refractivity contribution in [2.24, 2.45) is 5.92 Å². The maximum absolute atomic E-state index is 12.2. The van der Waals surface area contributed by atoms with Crippen molar-refractivity contribution in [2.45, 2.75) is 29.9 Å². The monoisotopic (exact) mass is 335 g/mol. The molecule has 0 aromatic heterocycles. The van der Waals surface area contributed by atoms with E-state index >= 15 is 0 Å². The molecule has 2 amide bonds. The molecule has 4 nitrogen and oxygen atoms in total. The van der Waals surface area contributed by atoms with Crippen LogP contribution < -0.4 is 5.32 Å². The van der Waals surface area contributed by atoms with Gasteiger partial charge in [-0.3, -0.25) is 0 Å². The molecule has 1 aliphatic rings. The second-order valence-corrected chi connectivity index (χ2v) is 8.07. The fraction of sp³-hybridized carbons (Fsp3) is 0.611. The van der Waals surface area contributed by atoms with Crippen LogP contribution in [0.3, 0.4) is 0 Å². The molecule has 0 bridgehead atoms. The van der Waals surface area contributed by atoms with Crippen LogP contribution in [0.1, 0.15) is 19.8 Å². The van der Waals surface area contributed by atoms with Crippen molar-refractivity contribution in [3.8, 4) is 0 Å². The third-order valence-electron chi connectivity index (χ3n) is 4.34. The number of piperidine rings is 1. The van der Waals surface area contributed by atoms with Crippen LogP contribution in [-0.2, 0) is 0 Å². The molecular weight excluding hydrogens is 306 g/mol. The summed E-state index contributed by atoms with van der Waals surface area (Å²) in [4.78, 5) is 17.7. The number of likely N-dealkylation sites (tertiary alicyclic amines) is 1. The van der Waals surface area contributed by atoms with Crippen molar-refractivity contribution in [2.75, 3.05) is 40.3 Å². The maximum atomic E-state index is 12.2. The Morgan fingerprint density at radius 3 is 2.65 bits per heavy atom. The predicted octanol–water partition coefficient (Wildman–Crippen LogP) is 3.15. The van der Waals surface area contributed by atoms with Gasteiger partial charge in [-0.25, -0.2) is 4.79 Å². The molecule has 0 unspecified atom stereocenters. The van der Waals surface area contributed by atoms with E-state index in [2.05, 4.69) is 36.3 Å². The number of hydrogen-bond donors (Lipinski definition) is 1. The Morgan fingerprint density at radius 2 is 2.00 bits per heavy atom. The number of hydrogen-bond acceptors (Lipinski definition) is 3. The Morgan fingerprint density at radius 1 is 1.35 bits per heavy atom. The van der Waals surface area contributed by atoms with Gasteiger partial charge in [-0.1, -0.05) is 25.1 Å². The molecule has 1 aromatic rings. The molecule has 23 heavy (non-hydrogen) atoms. The fourth-order valence-electron chi connectivity index (χ4n) is 2.85. The lowest BCUT2D eigenvalue weighted by atomic mass is 9.97. The van der Waals surface area contributed by atoms with Gasteiger partial charge < -0.3 is 15.1 Å². The van der Waals surface area contributed by atoms with Crippen molar-refractivity contribution in [3.05, 3.63) is 30.3 Å². The lowest BCUT2D eigenvalue weighted by Gasteiger charge is -2.31. The molecule has 5 heteroatoms. The number of benzene rings is 1. The lowest BCUT2D eigenvalue weighted by Crippen LogP contribution is -2.43. The Bertz CT molecular complexity index is 474. The summed E-state index contributed by atoms with van der Waals surface area (Å²) in [6, 6.07) is 10.4. The second-order valence-electron chi connectivity index (χ2n) is 6.55. The van der Waals surface area contributed by atoms with E-state index in [0.29, 0.717) is 17.7 Å². The van der Waals surface area contributed by atoms with Gasteiger partial charge in [-0.15, -0.1) is 11.8 Å². The fourth-order valence-corrected chi connectivity index (χ4v) is 3.80. The Hall–Kier alpha value is -1.20. The minimum Gasteiger partial charge on any atom is -0.337 e. The molecule has 128 valence electrons. The maximum Gasteiger partial charge on any atom is 0.317 e. The summed E-state index contributed by atoms with van der Waals surface area (Å²) < 4.78 is 0. The standard InChI is InChI=1S/C18H29N3OS/c1-15(23-17-7-5-4-6-8-17)13-19-18(22)21(3)14-16-9-11-20(2)12-10-16/h4-8,15-16H,9-14H2,1-3H3,(H,19,22)/t15-/m1/s1. The van der Waals surface area contributed by atoms with Crippen molar-refractivity contribution in [1.82, 2.24) is 15.1 Å². The van der Waals surface area contributed by atoms with Crippen molar-refractivity contribution >= 4 is 17.8 Å². The topological polar surface area (TPSA) is 35.6 Å². The number of nitrogens with one attached hydrogen (secondary N) is 1. The normalized spacial score (nSPS) is 17.7. The third-order valence-corrected chi connectivity index (χ3v) is 5.45. The molecule has 1 fully saturated rings. The minimum atomic E-state index is 0.0458. The average molecular weight is 336 g/mol. The first kappa shape index (κ1) is 18.1. The number of urea groups is 1. The van der Waals surface area contributed by atoms with Crippen LogP contribution in [0.15, 0.2) is 35.2 Å². The molecular formula is C18H29N3OS. The van der Waals surface area contributed by atoms with Gasteiger partial charge >= 0.3 is 6.03 Å². The molecule has 1 aliphatic heterocycles. The SMILES string of the molecule is C[C@H](CNC(=O)N(C)CC1CCN(C)CC1)Sc1ccccc1. The number of carbonyl (C=O) groups excluding carboxylic acids is 1. The van der Waals surface area contributed by atoms with E-state index in [0.717, 1.165) is 19.6 Å². The van der Waals surface area contributed by atoms with Crippen LogP contribution in [-0.4, -0.2) is 61.4 Å². The average Bonchev–Trinajstić information content (AvgIpc) is 2.55. The third kappa shape index (κ3) is 6.43. The van der Waals surface area contributed by atoms with Crippen LogP contribution >= 0.6 is 11.8 Å². The van der Waals surface area contributed by atoms with Gasteiger partial charge in [0.15, 0.2) is 0 Å². The zero-order valence-electron chi connectivity index (χ0n) is 14.5. The highest BCUT2D eigenvalue weighted by Gasteiger charge is 2.20. The van der Waals surface area contributed by atoms with E-state index in [1.54, 1.807) is 11.8 Å². The molecule has 0 aliphatic carbocycles. The van der Waals surface area contributed by atoms with E-state index in [9.17, 15) is 4.79 Å². The summed E-state index contributed by atoms with van der Waals surface area (Å²) in [5.41, 5.74) is 0. The zero-order chi connectivity index (χ0) is 16.7. The number of carbonyl (C=O) groups is 1. The number of nitrogens with zero attached hydrogens (tertiary/aromatic N) is 2. The predicted molar refractivity (Wildman–Crippen MR) is 98.0 cm³/mol. The number of amides is 2. The zero-order valence-corrected chi connectivity index (χ0v) is 15.3. The smallest absolute Gasteiger partial charge is 0.317 e. The highest BCUT2D eigenvalue weighted by molar-refractivity contribution is 8.00. The first-order chi connectivity index (χ1) is 11.0. The molecule has 0 saturated carbocycles. The second kappa shape index (κ2) is 9.18. The molecule has 1 atom stereocenters. The molecule has 1 N–H and O–H groups in total. The Balaban J connectivity index is 1.67. The quantitative estimate of drug-likeness (QED) is 0.811. The number of rotatable bonds is 6. The number of thioether (sulfide) groups is 1. The molecule has 1 heterocycles. The highest BCUT2D eigenvalue weighted by Crippen LogP contribution is 2.22. The lowest BCUT2D eigenvalue weighted by molar-refractivity contribution is 0.170. The summed E-state index contributed by atoms with van der Waals surface area (Å²) in [7, 11) is 4.07. The van der Waals surface area contributed by atoms with Crippen LogP contribution in [0.4, 0.5) is 4.79 Å². The molecule has 0 radical (unpaired) electrons. The summed E-state index contributed by atoms with van der Waals surface area (Å²) in [6.07, 6.45) is 2.38. The van der Waals surface area contributed by atoms with Crippen molar-refractivity contribution in [1.29, 1.82) is 0 Å². The van der Waals surface area contributed by atoms with Crippen LogP contribution in [0.25, 0.3) is 0 Å². The summed E-state index contributed by atoms with van der Waals surface area (Å²) >= 11 is 1.79. The van der Waals surface area contributed by atoms with E-state index in [1.165, 1.54) is 17.7 Å². The van der Waals surface area contributed by atoms with Gasteiger partial charge in [0.05, 0.1) is 0 Å². The van der Waals surface area contributed by atoms with Gasteiger partial charge in [-0.05, 0) is 51.0 Å². The van der Waals surface area contributed by atoms with E-state index in [4.69, 9.17) is 0 Å². The molecule has 1 saturated heterocycles. The first-order valence-corrected chi connectivity index (χ1v) is 9.31. The van der Waals surface area contributed by atoms with Gasteiger partial charge in [0.1, 0.15) is 0 Å². The largest absolute Gasteiger partial charge is 0.337 e. The van der Waals surface area contributed by atoms with Gasteiger partial charge in [-0.2, -0.15) is 0 Å².